The van der Waals surface area contributed by atoms with Gasteiger partial charge in [0.15, 0.2) is 5.96 Å². The average molecular weight is 379 g/mol. The van der Waals surface area contributed by atoms with Crippen LogP contribution < -0.4 is 10.6 Å². The van der Waals surface area contributed by atoms with E-state index in [1.165, 1.54) is 11.3 Å². The quantitative estimate of drug-likeness (QED) is 0.479. The van der Waals surface area contributed by atoms with E-state index in [-0.39, 0.29) is 24.0 Å². The molecule has 2 rings (SSSR count). The van der Waals surface area contributed by atoms with Crippen molar-refractivity contribution in [1.82, 2.24) is 10.6 Å². The second kappa shape index (κ2) is 7.33. The van der Waals surface area contributed by atoms with Crippen LogP contribution >= 0.6 is 35.3 Å². The molecule has 0 radical (unpaired) electrons. The molecule has 18 heavy (non-hydrogen) atoms. The van der Waals surface area contributed by atoms with Crippen molar-refractivity contribution < 1.29 is 0 Å². The highest BCUT2D eigenvalue weighted by Gasteiger charge is 2.33. The molecule has 1 saturated carbocycles. The molecule has 0 spiro atoms. The number of thiophene rings is 1. The highest BCUT2D eigenvalue weighted by molar-refractivity contribution is 14.0. The van der Waals surface area contributed by atoms with E-state index in [0.717, 1.165) is 18.4 Å². The van der Waals surface area contributed by atoms with Crippen LogP contribution in [0.25, 0.3) is 0 Å². The molecule has 0 bridgehead atoms. The van der Waals surface area contributed by atoms with E-state index >= 15 is 0 Å². The molecule has 1 aromatic heterocycles. The van der Waals surface area contributed by atoms with Gasteiger partial charge in [-0.05, 0) is 23.8 Å². The predicted molar refractivity (Wildman–Crippen MR) is 90.2 cm³/mol. The molecule has 102 valence electrons. The van der Waals surface area contributed by atoms with Crippen LogP contribution in [0.4, 0.5) is 0 Å². The molecule has 1 heterocycles. The zero-order valence-corrected chi connectivity index (χ0v) is 14.3. The van der Waals surface area contributed by atoms with Crippen molar-refractivity contribution in [2.24, 2.45) is 10.9 Å². The lowest BCUT2D eigenvalue weighted by molar-refractivity contribution is 0.699. The standard InChI is InChI=1S/C13H21N3S.HI/c1-9-7-11(9)16-13(14-3)15-8-10(2)12-5-4-6-17-12;/h4-6,9-11H,7-8H2,1-3H3,(H2,14,15,16);1H. The van der Waals surface area contributed by atoms with E-state index in [9.17, 15) is 0 Å². The minimum Gasteiger partial charge on any atom is -0.356 e. The Morgan fingerprint density at radius 1 is 1.61 bits per heavy atom. The Bertz CT molecular complexity index is 378. The van der Waals surface area contributed by atoms with Crippen LogP contribution in [0.15, 0.2) is 22.5 Å². The van der Waals surface area contributed by atoms with E-state index in [1.807, 2.05) is 18.4 Å². The van der Waals surface area contributed by atoms with Gasteiger partial charge in [-0.2, -0.15) is 0 Å². The van der Waals surface area contributed by atoms with E-state index in [4.69, 9.17) is 0 Å². The molecular formula is C13H22IN3S. The molecule has 1 aliphatic rings. The maximum absolute atomic E-state index is 4.25. The first kappa shape index (κ1) is 15.8. The SMILES string of the molecule is CN=C(NCC(C)c1cccs1)NC1CC1C.I. The first-order chi connectivity index (χ1) is 8.20. The number of hydrogen-bond donors (Lipinski definition) is 2. The molecule has 3 atom stereocenters. The van der Waals surface area contributed by atoms with Gasteiger partial charge in [0.25, 0.3) is 0 Å². The van der Waals surface area contributed by atoms with Crippen LogP contribution in [-0.2, 0) is 0 Å². The molecular weight excluding hydrogens is 357 g/mol. The van der Waals surface area contributed by atoms with Gasteiger partial charge in [0.1, 0.15) is 0 Å². The fourth-order valence-electron chi connectivity index (χ4n) is 1.82. The zero-order valence-electron chi connectivity index (χ0n) is 11.1. The summed E-state index contributed by atoms with van der Waals surface area (Å²) in [7, 11) is 1.83. The van der Waals surface area contributed by atoms with Gasteiger partial charge in [-0.25, -0.2) is 0 Å². The molecule has 3 unspecified atom stereocenters. The average Bonchev–Trinajstić information content (AvgIpc) is 2.85. The first-order valence-electron chi connectivity index (χ1n) is 6.21. The molecule has 5 heteroatoms. The van der Waals surface area contributed by atoms with Gasteiger partial charge in [-0.15, -0.1) is 35.3 Å². The van der Waals surface area contributed by atoms with Gasteiger partial charge < -0.3 is 10.6 Å². The number of nitrogens with zero attached hydrogens (tertiary/aromatic N) is 1. The van der Waals surface area contributed by atoms with Crippen molar-refractivity contribution in [1.29, 1.82) is 0 Å². The topological polar surface area (TPSA) is 36.4 Å². The van der Waals surface area contributed by atoms with Crippen LogP contribution in [0.3, 0.4) is 0 Å². The van der Waals surface area contributed by atoms with Crippen molar-refractivity contribution in [3.8, 4) is 0 Å². The Labute approximate surface area is 130 Å². The van der Waals surface area contributed by atoms with E-state index in [0.29, 0.717) is 12.0 Å². The minimum absolute atomic E-state index is 0. The monoisotopic (exact) mass is 379 g/mol. The maximum Gasteiger partial charge on any atom is 0.191 e. The van der Waals surface area contributed by atoms with Crippen LogP contribution in [0.1, 0.15) is 31.1 Å². The van der Waals surface area contributed by atoms with Crippen molar-refractivity contribution in [2.45, 2.75) is 32.2 Å². The summed E-state index contributed by atoms with van der Waals surface area (Å²) in [6, 6.07) is 4.92. The number of halogens is 1. The Balaban J connectivity index is 0.00000162. The third-order valence-corrected chi connectivity index (χ3v) is 4.36. The van der Waals surface area contributed by atoms with Crippen molar-refractivity contribution >= 4 is 41.3 Å². The Hall–Kier alpha value is -0.300. The molecule has 1 fully saturated rings. The van der Waals surface area contributed by atoms with Gasteiger partial charge in [0.05, 0.1) is 0 Å². The Morgan fingerprint density at radius 3 is 2.83 bits per heavy atom. The summed E-state index contributed by atoms with van der Waals surface area (Å²) >= 11 is 1.82. The number of guanidine groups is 1. The molecule has 0 aliphatic heterocycles. The fourth-order valence-corrected chi connectivity index (χ4v) is 2.60. The van der Waals surface area contributed by atoms with Gasteiger partial charge >= 0.3 is 0 Å². The van der Waals surface area contributed by atoms with Gasteiger partial charge in [-0.1, -0.05) is 19.9 Å². The Morgan fingerprint density at radius 2 is 2.33 bits per heavy atom. The van der Waals surface area contributed by atoms with Gasteiger partial charge in [0.2, 0.25) is 0 Å². The first-order valence-corrected chi connectivity index (χ1v) is 7.09. The summed E-state index contributed by atoms with van der Waals surface area (Å²) in [5.41, 5.74) is 0. The second-order valence-electron chi connectivity index (χ2n) is 4.83. The summed E-state index contributed by atoms with van der Waals surface area (Å²) in [6.45, 7) is 5.44. The highest BCUT2D eigenvalue weighted by Crippen LogP contribution is 2.28. The summed E-state index contributed by atoms with van der Waals surface area (Å²) in [6.07, 6.45) is 1.27. The molecule has 0 amide bonds. The number of hydrogen-bond acceptors (Lipinski definition) is 2. The lowest BCUT2D eigenvalue weighted by Crippen LogP contribution is -2.40. The predicted octanol–water partition coefficient (Wildman–Crippen LogP) is 3.04. The van der Waals surface area contributed by atoms with E-state index < -0.39 is 0 Å². The summed E-state index contributed by atoms with van der Waals surface area (Å²) < 4.78 is 0. The Kier molecular flexibility index (Phi) is 6.42. The highest BCUT2D eigenvalue weighted by atomic mass is 127. The third-order valence-electron chi connectivity index (χ3n) is 3.26. The fraction of sp³-hybridized carbons (Fsp3) is 0.615. The zero-order chi connectivity index (χ0) is 12.3. The van der Waals surface area contributed by atoms with Crippen molar-refractivity contribution in [3.63, 3.8) is 0 Å². The van der Waals surface area contributed by atoms with Gasteiger partial charge in [0, 0.05) is 30.4 Å². The maximum atomic E-state index is 4.25. The smallest absolute Gasteiger partial charge is 0.191 e. The van der Waals surface area contributed by atoms with E-state index in [1.54, 1.807) is 0 Å². The lowest BCUT2D eigenvalue weighted by atomic mass is 10.1. The van der Waals surface area contributed by atoms with Crippen LogP contribution in [0.5, 0.6) is 0 Å². The molecule has 1 aliphatic carbocycles. The molecule has 0 aromatic carbocycles. The van der Waals surface area contributed by atoms with Crippen LogP contribution in [0.2, 0.25) is 0 Å². The minimum atomic E-state index is 0. The summed E-state index contributed by atoms with van der Waals surface area (Å²) in [4.78, 5) is 5.68. The van der Waals surface area contributed by atoms with Crippen LogP contribution in [-0.4, -0.2) is 25.6 Å². The molecule has 1 aromatic rings. The third kappa shape index (κ3) is 4.42. The number of nitrogens with one attached hydrogen (secondary N) is 2. The summed E-state index contributed by atoms with van der Waals surface area (Å²) in [5, 5.41) is 8.96. The normalized spacial score (nSPS) is 24.1. The molecule has 0 saturated heterocycles. The number of aliphatic imine (C=N–C) groups is 1. The number of rotatable bonds is 4. The lowest BCUT2D eigenvalue weighted by Gasteiger charge is -2.15. The van der Waals surface area contributed by atoms with Crippen molar-refractivity contribution in [3.05, 3.63) is 22.4 Å². The second-order valence-corrected chi connectivity index (χ2v) is 5.81. The summed E-state index contributed by atoms with van der Waals surface area (Å²) in [5.74, 6) is 2.26. The largest absolute Gasteiger partial charge is 0.356 e. The van der Waals surface area contributed by atoms with Crippen molar-refractivity contribution in [2.75, 3.05) is 13.6 Å². The molecule has 3 nitrogen and oxygen atoms in total. The molecule has 2 N–H and O–H groups in total. The van der Waals surface area contributed by atoms with E-state index in [2.05, 4.69) is 47.0 Å². The van der Waals surface area contributed by atoms with Gasteiger partial charge in [-0.3, -0.25) is 4.99 Å². The van der Waals surface area contributed by atoms with Crippen LogP contribution in [0, 0.1) is 5.92 Å².